The second-order valence-electron chi connectivity index (χ2n) is 8.61. The van der Waals surface area contributed by atoms with Gasteiger partial charge in [-0.1, -0.05) is 30.3 Å². The second kappa shape index (κ2) is 9.34. The summed E-state index contributed by atoms with van der Waals surface area (Å²) in [5.74, 6) is 0.147. The molecular weight excluding hydrogens is 450 g/mol. The molecule has 2 aromatic carbocycles. The fourth-order valence-corrected chi connectivity index (χ4v) is 5.28. The zero-order chi connectivity index (χ0) is 23.7. The van der Waals surface area contributed by atoms with Crippen molar-refractivity contribution >= 4 is 34.2 Å². The molecule has 8 nitrogen and oxygen atoms in total. The van der Waals surface area contributed by atoms with Crippen molar-refractivity contribution in [2.45, 2.75) is 31.7 Å². The largest absolute Gasteiger partial charge is 0.339 e. The van der Waals surface area contributed by atoms with E-state index in [4.69, 9.17) is 4.63 Å². The van der Waals surface area contributed by atoms with Crippen molar-refractivity contribution in [1.82, 2.24) is 25.1 Å². The number of nitrogens with zero attached hydrogens (tertiary/aromatic N) is 5. The van der Waals surface area contributed by atoms with E-state index < -0.39 is 0 Å². The molecule has 9 heteroatoms. The number of thiazole rings is 1. The molecular formula is C25H25N5O3S. The maximum absolute atomic E-state index is 13.0. The number of aromatic nitrogens is 3. The first-order chi connectivity index (χ1) is 16.5. The van der Waals surface area contributed by atoms with Crippen LogP contribution in [0.5, 0.6) is 0 Å². The Hall–Kier alpha value is -3.59. The lowest BCUT2D eigenvalue weighted by molar-refractivity contribution is 0.0713. The zero-order valence-electron chi connectivity index (χ0n) is 19.0. The van der Waals surface area contributed by atoms with Crippen molar-refractivity contribution in [3.05, 3.63) is 75.7 Å². The highest BCUT2D eigenvalue weighted by Gasteiger charge is 2.28. The Labute approximate surface area is 201 Å². The van der Waals surface area contributed by atoms with Crippen LogP contribution in [0.3, 0.4) is 0 Å². The standard InChI is InChI=1S/C25H25N5O3S/c1-16(17-6-4-3-5-7-17)29(2)25(32)22-15-34-23(26-22)18-10-12-30(13-11-18)24(31)19-8-9-20-21(14-19)28-33-27-20/h3-9,14-16,18H,10-13H2,1-2H3. The van der Waals surface area contributed by atoms with Crippen molar-refractivity contribution < 1.29 is 14.2 Å². The molecule has 0 aliphatic carbocycles. The lowest BCUT2D eigenvalue weighted by Gasteiger charge is -2.31. The highest BCUT2D eigenvalue weighted by molar-refractivity contribution is 7.09. The van der Waals surface area contributed by atoms with Crippen LogP contribution in [0.15, 0.2) is 58.5 Å². The van der Waals surface area contributed by atoms with Crippen LogP contribution in [0, 0.1) is 0 Å². The van der Waals surface area contributed by atoms with Crippen LogP contribution >= 0.6 is 11.3 Å². The fraction of sp³-hybridized carbons (Fsp3) is 0.320. The summed E-state index contributed by atoms with van der Waals surface area (Å²) < 4.78 is 4.72. The third kappa shape index (κ3) is 4.31. The molecule has 0 radical (unpaired) electrons. The summed E-state index contributed by atoms with van der Waals surface area (Å²) in [6.45, 7) is 3.31. The molecule has 1 unspecified atom stereocenters. The smallest absolute Gasteiger partial charge is 0.273 e. The Kier molecular flexibility index (Phi) is 6.10. The lowest BCUT2D eigenvalue weighted by Crippen LogP contribution is -2.38. The summed E-state index contributed by atoms with van der Waals surface area (Å²) in [6.07, 6.45) is 1.63. The van der Waals surface area contributed by atoms with Crippen LogP contribution in [0.25, 0.3) is 11.0 Å². The number of amides is 2. The maximum Gasteiger partial charge on any atom is 0.273 e. The summed E-state index contributed by atoms with van der Waals surface area (Å²) in [5.41, 5.74) is 3.36. The van der Waals surface area contributed by atoms with Gasteiger partial charge in [0.25, 0.3) is 11.8 Å². The van der Waals surface area contributed by atoms with E-state index in [9.17, 15) is 9.59 Å². The molecule has 5 rings (SSSR count). The molecule has 4 aromatic rings. The predicted octanol–water partition coefficient (Wildman–Crippen LogP) is 4.53. The first kappa shape index (κ1) is 22.2. The number of hydrogen-bond donors (Lipinski definition) is 0. The topological polar surface area (TPSA) is 92.4 Å². The molecule has 1 aliphatic rings. The summed E-state index contributed by atoms with van der Waals surface area (Å²) >= 11 is 1.53. The molecule has 2 amide bonds. The van der Waals surface area contributed by atoms with Gasteiger partial charge in [0.15, 0.2) is 0 Å². The highest BCUT2D eigenvalue weighted by Crippen LogP contribution is 2.32. The van der Waals surface area contributed by atoms with Gasteiger partial charge in [-0.25, -0.2) is 9.61 Å². The Morgan fingerprint density at radius 1 is 1.09 bits per heavy atom. The number of rotatable bonds is 5. The van der Waals surface area contributed by atoms with Crippen LogP contribution in [0.4, 0.5) is 0 Å². The average molecular weight is 476 g/mol. The van der Waals surface area contributed by atoms with Gasteiger partial charge in [0.05, 0.1) is 11.0 Å². The van der Waals surface area contributed by atoms with Crippen LogP contribution < -0.4 is 0 Å². The molecule has 1 aliphatic heterocycles. The van der Waals surface area contributed by atoms with E-state index in [0.29, 0.717) is 35.4 Å². The summed E-state index contributed by atoms with van der Waals surface area (Å²) in [4.78, 5) is 34.2. The van der Waals surface area contributed by atoms with E-state index in [1.807, 2.05) is 54.6 Å². The van der Waals surface area contributed by atoms with Gasteiger partial charge < -0.3 is 9.80 Å². The Morgan fingerprint density at radius 3 is 2.59 bits per heavy atom. The van der Waals surface area contributed by atoms with Crippen molar-refractivity contribution in [1.29, 1.82) is 0 Å². The molecule has 0 spiro atoms. The van der Waals surface area contributed by atoms with Gasteiger partial charge in [-0.2, -0.15) is 0 Å². The summed E-state index contributed by atoms with van der Waals surface area (Å²) in [5, 5.41) is 10.4. The van der Waals surface area contributed by atoms with Gasteiger partial charge in [-0.15, -0.1) is 11.3 Å². The minimum atomic E-state index is -0.0794. The Morgan fingerprint density at radius 2 is 1.82 bits per heavy atom. The van der Waals surface area contributed by atoms with Crippen molar-refractivity contribution in [2.24, 2.45) is 0 Å². The Bertz CT molecular complexity index is 1310. The summed E-state index contributed by atoms with van der Waals surface area (Å²) in [7, 11) is 1.82. The third-order valence-electron chi connectivity index (χ3n) is 6.56. The van der Waals surface area contributed by atoms with E-state index in [2.05, 4.69) is 15.3 Å². The minimum absolute atomic E-state index is 0.0186. The molecule has 0 N–H and O–H groups in total. The number of benzene rings is 2. The fourth-order valence-electron chi connectivity index (χ4n) is 4.31. The molecule has 2 aromatic heterocycles. The van der Waals surface area contributed by atoms with E-state index in [1.165, 1.54) is 11.3 Å². The molecule has 0 saturated carbocycles. The van der Waals surface area contributed by atoms with Gasteiger partial charge in [-0.05, 0) is 53.8 Å². The van der Waals surface area contributed by atoms with E-state index in [1.54, 1.807) is 23.1 Å². The van der Waals surface area contributed by atoms with Crippen molar-refractivity contribution in [3.8, 4) is 0 Å². The van der Waals surface area contributed by atoms with Gasteiger partial charge in [0, 0.05) is 37.0 Å². The SMILES string of the molecule is CC(c1ccccc1)N(C)C(=O)c1csc(C2CCN(C(=O)c3ccc4nonc4c3)CC2)n1. The number of likely N-dealkylation sites (tertiary alicyclic amines) is 1. The van der Waals surface area contributed by atoms with Crippen LogP contribution in [0.2, 0.25) is 0 Å². The number of fused-ring (bicyclic) bond motifs is 1. The summed E-state index contributed by atoms with van der Waals surface area (Å²) in [6, 6.07) is 15.1. The van der Waals surface area contributed by atoms with Gasteiger partial charge in [-0.3, -0.25) is 9.59 Å². The lowest BCUT2D eigenvalue weighted by atomic mass is 9.97. The third-order valence-corrected chi connectivity index (χ3v) is 7.56. The average Bonchev–Trinajstić information content (AvgIpc) is 3.57. The van der Waals surface area contributed by atoms with E-state index >= 15 is 0 Å². The number of carbonyl (C=O) groups excluding carboxylic acids is 2. The monoisotopic (exact) mass is 475 g/mol. The maximum atomic E-state index is 13.0. The molecule has 0 bridgehead atoms. The zero-order valence-corrected chi connectivity index (χ0v) is 19.9. The normalized spacial score (nSPS) is 15.4. The van der Waals surface area contributed by atoms with Crippen LogP contribution in [-0.4, -0.2) is 57.0 Å². The first-order valence-corrected chi connectivity index (χ1v) is 12.2. The Balaban J connectivity index is 1.21. The minimum Gasteiger partial charge on any atom is -0.339 e. The number of piperidine rings is 1. The number of carbonyl (C=O) groups is 2. The van der Waals surface area contributed by atoms with Crippen LogP contribution in [0.1, 0.15) is 63.1 Å². The van der Waals surface area contributed by atoms with Gasteiger partial charge >= 0.3 is 0 Å². The van der Waals surface area contributed by atoms with E-state index in [-0.39, 0.29) is 23.8 Å². The van der Waals surface area contributed by atoms with Crippen molar-refractivity contribution in [3.63, 3.8) is 0 Å². The molecule has 1 fully saturated rings. The van der Waals surface area contributed by atoms with Crippen LogP contribution in [-0.2, 0) is 0 Å². The second-order valence-corrected chi connectivity index (χ2v) is 9.50. The predicted molar refractivity (Wildman–Crippen MR) is 129 cm³/mol. The van der Waals surface area contributed by atoms with Gasteiger partial charge in [0.1, 0.15) is 16.7 Å². The van der Waals surface area contributed by atoms with E-state index in [0.717, 1.165) is 23.4 Å². The van der Waals surface area contributed by atoms with Gasteiger partial charge in [0.2, 0.25) is 0 Å². The molecule has 34 heavy (non-hydrogen) atoms. The molecule has 1 atom stereocenters. The number of hydrogen-bond acceptors (Lipinski definition) is 7. The highest BCUT2D eigenvalue weighted by atomic mass is 32.1. The van der Waals surface area contributed by atoms with Crippen molar-refractivity contribution in [2.75, 3.05) is 20.1 Å². The molecule has 174 valence electrons. The molecule has 1 saturated heterocycles. The first-order valence-electron chi connectivity index (χ1n) is 11.3. The quantitative estimate of drug-likeness (QED) is 0.421. The molecule has 3 heterocycles.